The minimum atomic E-state index is -7.17. The first-order valence-corrected chi connectivity index (χ1v) is 6.67. The molecule has 136 valence electrons. The highest BCUT2D eigenvalue weighted by atomic mass is 32.2. The summed E-state index contributed by atoms with van der Waals surface area (Å²) in [5.41, 5.74) is -0.632. The van der Waals surface area contributed by atoms with Crippen LogP contribution in [-0.4, -0.2) is 33.7 Å². The van der Waals surface area contributed by atoms with Gasteiger partial charge in [0.2, 0.25) is 11.0 Å². The van der Waals surface area contributed by atoms with Crippen molar-refractivity contribution in [2.75, 3.05) is 0 Å². The van der Waals surface area contributed by atoms with Crippen LogP contribution in [0.15, 0.2) is 28.7 Å². The van der Waals surface area contributed by atoms with Gasteiger partial charge in [0.05, 0.1) is 0 Å². The molecule has 0 aliphatic rings. The van der Waals surface area contributed by atoms with Crippen LogP contribution >= 0.6 is 0 Å². The topological polar surface area (TPSA) is 29.4 Å². The highest BCUT2D eigenvalue weighted by molar-refractivity contribution is 7.85. The van der Waals surface area contributed by atoms with Crippen molar-refractivity contribution in [1.82, 2.24) is 0 Å². The molecule has 0 saturated carbocycles. The first-order valence-electron chi connectivity index (χ1n) is 5.57. The Bertz CT molecular complexity index is 654. The van der Waals surface area contributed by atoms with Crippen LogP contribution in [0.1, 0.15) is 5.56 Å². The Kier molecular flexibility index (Phi) is 5.38. The lowest BCUT2D eigenvalue weighted by atomic mass is 10.1. The van der Waals surface area contributed by atoms with Crippen LogP contribution < -0.4 is 0 Å². The van der Waals surface area contributed by atoms with Gasteiger partial charge in [0, 0.05) is 11.8 Å². The molecule has 0 amide bonds. The van der Waals surface area contributed by atoms with E-state index in [1.54, 1.807) is 0 Å². The summed E-state index contributed by atoms with van der Waals surface area (Å²) in [5, 5.41) is -6.38. The van der Waals surface area contributed by atoms with Gasteiger partial charge in [-0.1, -0.05) is 18.2 Å². The molecule has 0 saturated heterocycles. The van der Waals surface area contributed by atoms with Gasteiger partial charge in [0.15, 0.2) is 0 Å². The van der Waals surface area contributed by atoms with Gasteiger partial charge in [-0.15, -0.1) is 0 Å². The Labute approximate surface area is 129 Å². The summed E-state index contributed by atoms with van der Waals surface area (Å²) in [6.45, 7) is 0. The normalized spacial score (nSPS) is 15.8. The lowest BCUT2D eigenvalue weighted by Crippen LogP contribution is -2.61. The van der Waals surface area contributed by atoms with Crippen molar-refractivity contribution in [3.63, 3.8) is 0 Å². The van der Waals surface area contributed by atoms with Crippen LogP contribution in [0.3, 0.4) is 0 Å². The minimum absolute atomic E-state index is 0.0428. The Balaban J connectivity index is 3.19. The molecule has 0 aliphatic heterocycles. The van der Waals surface area contributed by atoms with Crippen molar-refractivity contribution in [1.29, 1.82) is 0 Å². The van der Waals surface area contributed by atoms with Crippen molar-refractivity contribution in [2.24, 2.45) is 4.40 Å². The first kappa shape index (κ1) is 20.4. The second-order valence-electron chi connectivity index (χ2n) is 4.17. The Morgan fingerprint density at radius 1 is 0.875 bits per heavy atom. The molecule has 2 nitrogen and oxygen atoms in total. The molecule has 0 N–H and O–H groups in total. The molecule has 0 radical (unpaired) electrons. The highest BCUT2D eigenvalue weighted by Crippen LogP contribution is 2.54. The molecule has 0 heterocycles. The Hall–Kier alpha value is -1.66. The Morgan fingerprint density at radius 2 is 1.38 bits per heavy atom. The molecule has 1 atom stereocenters. The second kappa shape index (κ2) is 6.33. The highest BCUT2D eigenvalue weighted by Gasteiger charge is 2.83. The number of hydrogen-bond acceptors (Lipinski definition) is 1. The zero-order valence-electron chi connectivity index (χ0n) is 10.9. The molecule has 1 aromatic carbocycles. The van der Waals surface area contributed by atoms with Crippen LogP contribution in [0.25, 0.3) is 0 Å². The van der Waals surface area contributed by atoms with E-state index in [0.29, 0.717) is 0 Å². The maximum Gasteiger partial charge on any atom is 0.460 e. The SMILES string of the molecule is O=[S@](N=Cc1ccccc1F)C(F)(F)C(F)(F)C(F)(F)C(F)(F)F. The van der Waals surface area contributed by atoms with Gasteiger partial charge in [0.25, 0.3) is 0 Å². The molecular formula is C11H5F10NOS. The largest absolute Gasteiger partial charge is 0.460 e. The van der Waals surface area contributed by atoms with E-state index >= 15 is 0 Å². The van der Waals surface area contributed by atoms with E-state index in [1.165, 1.54) is 0 Å². The summed E-state index contributed by atoms with van der Waals surface area (Å²) in [7, 11) is -4.55. The molecule has 0 bridgehead atoms. The van der Waals surface area contributed by atoms with Gasteiger partial charge in [-0.3, -0.25) is 0 Å². The van der Waals surface area contributed by atoms with Crippen LogP contribution in [0.2, 0.25) is 0 Å². The molecule has 13 heteroatoms. The summed E-state index contributed by atoms with van der Waals surface area (Å²) < 4.78 is 140. The summed E-state index contributed by atoms with van der Waals surface area (Å²) in [6.07, 6.45) is -6.99. The van der Waals surface area contributed by atoms with Crippen LogP contribution in [0.5, 0.6) is 0 Å². The summed E-state index contributed by atoms with van der Waals surface area (Å²) in [6, 6.07) is 3.92. The minimum Gasteiger partial charge on any atom is -0.228 e. The zero-order valence-corrected chi connectivity index (χ0v) is 11.7. The third kappa shape index (κ3) is 3.39. The van der Waals surface area contributed by atoms with Crippen molar-refractivity contribution in [3.05, 3.63) is 35.6 Å². The predicted octanol–water partition coefficient (Wildman–Crippen LogP) is 4.33. The number of alkyl halides is 9. The van der Waals surface area contributed by atoms with Gasteiger partial charge in [0.1, 0.15) is 5.82 Å². The molecular weight excluding hydrogens is 384 g/mol. The number of benzene rings is 1. The van der Waals surface area contributed by atoms with Gasteiger partial charge in [-0.2, -0.15) is 43.9 Å². The van der Waals surface area contributed by atoms with Gasteiger partial charge >= 0.3 is 23.3 Å². The average molecular weight is 389 g/mol. The summed E-state index contributed by atoms with van der Waals surface area (Å²) >= 11 is 0. The number of rotatable bonds is 5. The lowest BCUT2D eigenvalue weighted by Gasteiger charge is -2.31. The average Bonchev–Trinajstić information content (AvgIpc) is 2.44. The van der Waals surface area contributed by atoms with Crippen LogP contribution in [-0.2, 0) is 11.0 Å². The maximum atomic E-state index is 13.2. The van der Waals surface area contributed by atoms with E-state index < -0.39 is 45.6 Å². The Morgan fingerprint density at radius 3 is 1.83 bits per heavy atom. The zero-order chi connectivity index (χ0) is 19.0. The van der Waals surface area contributed by atoms with Crippen molar-refractivity contribution < 1.29 is 48.1 Å². The summed E-state index contributed by atoms with van der Waals surface area (Å²) in [4.78, 5) is 0. The second-order valence-corrected chi connectivity index (χ2v) is 5.39. The van der Waals surface area contributed by atoms with Crippen LogP contribution in [0.4, 0.5) is 43.9 Å². The quantitative estimate of drug-likeness (QED) is 0.545. The monoisotopic (exact) mass is 389 g/mol. The maximum absolute atomic E-state index is 13.2. The smallest absolute Gasteiger partial charge is 0.228 e. The fourth-order valence-corrected chi connectivity index (χ4v) is 1.91. The number of hydrogen-bond donors (Lipinski definition) is 0. The van der Waals surface area contributed by atoms with Crippen LogP contribution in [0, 0.1) is 5.82 Å². The number of nitrogens with zero attached hydrogens (tertiary/aromatic N) is 1. The van der Waals surface area contributed by atoms with E-state index in [0.717, 1.165) is 24.3 Å². The van der Waals surface area contributed by atoms with Gasteiger partial charge in [-0.25, -0.2) is 8.60 Å². The fourth-order valence-electron chi connectivity index (χ4n) is 1.22. The van der Waals surface area contributed by atoms with Gasteiger partial charge < -0.3 is 0 Å². The van der Waals surface area contributed by atoms with Crippen molar-refractivity contribution in [2.45, 2.75) is 23.3 Å². The molecule has 0 aromatic heterocycles. The van der Waals surface area contributed by atoms with Crippen molar-refractivity contribution in [3.8, 4) is 0 Å². The third-order valence-corrected chi connectivity index (χ3v) is 3.52. The van der Waals surface area contributed by atoms with Gasteiger partial charge in [-0.05, 0) is 6.07 Å². The van der Waals surface area contributed by atoms with E-state index in [2.05, 4.69) is 4.40 Å². The summed E-state index contributed by atoms with van der Waals surface area (Å²) in [5.74, 6) is -15.4. The standard InChI is InChI=1S/C11H5F10NOS/c12-7-4-2-1-3-6(7)5-22-24(23)11(20,21)9(15,16)8(13,14)10(17,18)19/h1-5H/t24-/m0/s1. The molecule has 1 aromatic rings. The van der Waals surface area contributed by atoms with E-state index in [9.17, 15) is 48.1 Å². The van der Waals surface area contributed by atoms with E-state index in [1.807, 2.05) is 0 Å². The van der Waals surface area contributed by atoms with Crippen molar-refractivity contribution >= 4 is 17.2 Å². The molecule has 0 fully saturated rings. The third-order valence-electron chi connectivity index (χ3n) is 2.53. The fraction of sp³-hybridized carbons (Fsp3) is 0.364. The predicted molar refractivity (Wildman–Crippen MR) is 63.0 cm³/mol. The first-order chi connectivity index (χ1) is 10.7. The molecule has 1 rings (SSSR count). The molecule has 24 heavy (non-hydrogen) atoms. The lowest BCUT2D eigenvalue weighted by molar-refractivity contribution is -0.381. The molecule has 0 unspecified atom stereocenters. The van der Waals surface area contributed by atoms with E-state index in [4.69, 9.17) is 0 Å². The molecule has 0 aliphatic carbocycles. The van der Waals surface area contributed by atoms with E-state index in [-0.39, 0.29) is 6.21 Å². The number of halogens is 10. The molecule has 0 spiro atoms.